The fraction of sp³-hybridized carbons (Fsp3) is 0.600. The van der Waals surface area contributed by atoms with Crippen molar-refractivity contribution in [2.75, 3.05) is 0 Å². The maximum absolute atomic E-state index is 12.2. The molecule has 1 aliphatic carbocycles. The summed E-state index contributed by atoms with van der Waals surface area (Å²) in [7, 11) is -3.50. The molecule has 0 aromatic carbocycles. The average molecular weight is 340 g/mol. The van der Waals surface area contributed by atoms with E-state index in [4.69, 9.17) is 5.11 Å². The second-order valence-corrected chi connectivity index (χ2v) is 8.63. The van der Waals surface area contributed by atoms with Crippen molar-refractivity contribution in [1.82, 2.24) is 4.72 Å². The van der Waals surface area contributed by atoms with Gasteiger partial charge in [0, 0.05) is 10.4 Å². The molecule has 0 bridgehead atoms. The minimum Gasteiger partial charge on any atom is -0.391 e. The Morgan fingerprint density at radius 2 is 2.24 bits per heavy atom. The Balaban J connectivity index is 2.27. The molecule has 2 rings (SSSR count). The standard InChI is InChI=1S/C10H14BrNO3S2/c1-10(3-2-4-10)12-17(14,15)8-5-7(6-13)16-9(8)11/h5,12-13H,2-4,6H2,1H3. The zero-order chi connectivity index (χ0) is 12.7. The first kappa shape index (κ1) is 13.5. The fourth-order valence-electron chi connectivity index (χ4n) is 1.85. The van der Waals surface area contributed by atoms with E-state index >= 15 is 0 Å². The van der Waals surface area contributed by atoms with Crippen LogP contribution in [0.15, 0.2) is 14.7 Å². The van der Waals surface area contributed by atoms with Gasteiger partial charge in [-0.3, -0.25) is 0 Å². The highest BCUT2D eigenvalue weighted by molar-refractivity contribution is 9.11. The Hall–Kier alpha value is 0.0500. The van der Waals surface area contributed by atoms with Gasteiger partial charge in [-0.2, -0.15) is 0 Å². The predicted octanol–water partition coefficient (Wildman–Crippen LogP) is 2.22. The van der Waals surface area contributed by atoms with Crippen molar-refractivity contribution in [1.29, 1.82) is 0 Å². The van der Waals surface area contributed by atoms with Gasteiger partial charge in [-0.05, 0) is 48.2 Å². The summed E-state index contributed by atoms with van der Waals surface area (Å²) >= 11 is 4.47. The number of aliphatic hydroxyl groups excluding tert-OH is 1. The van der Waals surface area contributed by atoms with E-state index in [1.54, 1.807) is 0 Å². The molecule has 4 nitrogen and oxygen atoms in total. The SMILES string of the molecule is CC1(NS(=O)(=O)c2cc(CO)sc2Br)CCC1. The maximum atomic E-state index is 12.2. The quantitative estimate of drug-likeness (QED) is 0.883. The molecule has 1 aliphatic rings. The van der Waals surface area contributed by atoms with Gasteiger partial charge in [0.15, 0.2) is 0 Å². The van der Waals surface area contributed by atoms with Gasteiger partial charge in [-0.15, -0.1) is 11.3 Å². The van der Waals surface area contributed by atoms with Crippen LogP contribution in [0.4, 0.5) is 0 Å². The third kappa shape index (κ3) is 2.73. The smallest absolute Gasteiger partial charge is 0.243 e. The molecule has 0 amide bonds. The second kappa shape index (κ2) is 4.62. The number of rotatable bonds is 4. The predicted molar refractivity (Wildman–Crippen MR) is 70.5 cm³/mol. The lowest BCUT2D eigenvalue weighted by Crippen LogP contribution is -2.50. The Bertz CT molecular complexity index is 520. The minimum atomic E-state index is -3.50. The molecule has 1 heterocycles. The van der Waals surface area contributed by atoms with Crippen molar-refractivity contribution in [2.45, 2.75) is 43.2 Å². The van der Waals surface area contributed by atoms with Crippen molar-refractivity contribution in [2.24, 2.45) is 0 Å². The van der Waals surface area contributed by atoms with E-state index in [0.717, 1.165) is 19.3 Å². The molecule has 1 saturated carbocycles. The van der Waals surface area contributed by atoms with Crippen molar-refractivity contribution in [3.8, 4) is 0 Å². The third-order valence-electron chi connectivity index (χ3n) is 2.99. The summed E-state index contributed by atoms with van der Waals surface area (Å²) in [6, 6.07) is 1.51. The number of halogens is 1. The molecule has 2 N–H and O–H groups in total. The normalized spacial score (nSPS) is 19.0. The molecule has 1 aromatic heterocycles. The van der Waals surface area contributed by atoms with E-state index in [-0.39, 0.29) is 17.0 Å². The van der Waals surface area contributed by atoms with Crippen LogP contribution in [0.25, 0.3) is 0 Å². The molecular formula is C10H14BrNO3S2. The van der Waals surface area contributed by atoms with Gasteiger partial charge in [0.05, 0.1) is 10.4 Å². The summed E-state index contributed by atoms with van der Waals surface area (Å²) < 4.78 is 27.6. The summed E-state index contributed by atoms with van der Waals surface area (Å²) in [6.45, 7) is 1.78. The van der Waals surface area contributed by atoms with Gasteiger partial charge in [0.1, 0.15) is 4.90 Å². The van der Waals surface area contributed by atoms with Crippen LogP contribution >= 0.6 is 27.3 Å². The van der Waals surface area contributed by atoms with Crippen LogP contribution in [0.2, 0.25) is 0 Å². The van der Waals surface area contributed by atoms with Crippen molar-refractivity contribution < 1.29 is 13.5 Å². The maximum Gasteiger partial charge on any atom is 0.243 e. The summed E-state index contributed by atoms with van der Waals surface area (Å²) in [6.07, 6.45) is 2.81. The van der Waals surface area contributed by atoms with Crippen LogP contribution in [0.1, 0.15) is 31.1 Å². The second-order valence-electron chi connectivity index (χ2n) is 4.53. The first-order chi connectivity index (χ1) is 7.86. The van der Waals surface area contributed by atoms with Crippen LogP contribution in [0.5, 0.6) is 0 Å². The molecule has 96 valence electrons. The van der Waals surface area contributed by atoms with Crippen LogP contribution in [-0.4, -0.2) is 19.1 Å². The number of nitrogens with one attached hydrogen (secondary N) is 1. The first-order valence-corrected chi connectivity index (χ1v) is 8.39. The highest BCUT2D eigenvalue weighted by Crippen LogP contribution is 2.36. The van der Waals surface area contributed by atoms with Gasteiger partial charge < -0.3 is 5.11 Å². The summed E-state index contributed by atoms with van der Waals surface area (Å²) in [5.41, 5.74) is -0.306. The van der Waals surface area contributed by atoms with Crippen LogP contribution in [0.3, 0.4) is 0 Å². The monoisotopic (exact) mass is 339 g/mol. The van der Waals surface area contributed by atoms with E-state index in [1.807, 2.05) is 6.92 Å². The zero-order valence-electron chi connectivity index (χ0n) is 9.36. The van der Waals surface area contributed by atoms with E-state index in [0.29, 0.717) is 8.66 Å². The first-order valence-electron chi connectivity index (χ1n) is 5.29. The lowest BCUT2D eigenvalue weighted by molar-refractivity contribution is 0.248. The summed E-state index contributed by atoms with van der Waals surface area (Å²) in [4.78, 5) is 0.857. The lowest BCUT2D eigenvalue weighted by Gasteiger charge is -2.38. The zero-order valence-corrected chi connectivity index (χ0v) is 12.6. The Kier molecular flexibility index (Phi) is 3.66. The molecule has 17 heavy (non-hydrogen) atoms. The lowest BCUT2D eigenvalue weighted by atomic mass is 9.80. The largest absolute Gasteiger partial charge is 0.391 e. The third-order valence-corrected chi connectivity index (χ3v) is 6.86. The molecule has 0 unspecified atom stereocenters. The summed E-state index contributed by atoms with van der Waals surface area (Å²) in [5.74, 6) is 0. The molecule has 0 radical (unpaired) electrons. The summed E-state index contributed by atoms with van der Waals surface area (Å²) in [5, 5.41) is 9.01. The van der Waals surface area contributed by atoms with E-state index in [1.165, 1.54) is 17.4 Å². The van der Waals surface area contributed by atoms with Crippen molar-refractivity contribution >= 4 is 37.3 Å². The van der Waals surface area contributed by atoms with Gasteiger partial charge >= 0.3 is 0 Å². The van der Waals surface area contributed by atoms with E-state index < -0.39 is 10.0 Å². The molecular weight excluding hydrogens is 326 g/mol. The molecule has 1 aromatic rings. The van der Waals surface area contributed by atoms with Gasteiger partial charge in [-0.1, -0.05) is 0 Å². The van der Waals surface area contributed by atoms with E-state index in [2.05, 4.69) is 20.7 Å². The number of hydrogen-bond donors (Lipinski definition) is 2. The number of thiophene rings is 1. The Labute approximate surface area is 113 Å². The van der Waals surface area contributed by atoms with Crippen molar-refractivity contribution in [3.63, 3.8) is 0 Å². The number of hydrogen-bond acceptors (Lipinski definition) is 4. The Morgan fingerprint density at radius 3 is 2.65 bits per heavy atom. The van der Waals surface area contributed by atoms with Crippen LogP contribution in [0, 0.1) is 0 Å². The molecule has 0 aliphatic heterocycles. The fourth-order valence-corrected chi connectivity index (χ4v) is 5.86. The highest BCUT2D eigenvalue weighted by atomic mass is 79.9. The Morgan fingerprint density at radius 1 is 1.59 bits per heavy atom. The molecule has 7 heteroatoms. The topological polar surface area (TPSA) is 66.4 Å². The van der Waals surface area contributed by atoms with Gasteiger partial charge in [0.25, 0.3) is 0 Å². The molecule has 0 spiro atoms. The average Bonchev–Trinajstić information content (AvgIpc) is 2.57. The van der Waals surface area contributed by atoms with Crippen LogP contribution in [-0.2, 0) is 16.6 Å². The minimum absolute atomic E-state index is 0.143. The van der Waals surface area contributed by atoms with Gasteiger partial charge in [-0.25, -0.2) is 13.1 Å². The number of aliphatic hydroxyl groups is 1. The van der Waals surface area contributed by atoms with E-state index in [9.17, 15) is 8.42 Å². The van der Waals surface area contributed by atoms with Gasteiger partial charge in [0.2, 0.25) is 10.0 Å². The molecule has 0 atom stereocenters. The van der Waals surface area contributed by atoms with Crippen LogP contribution < -0.4 is 4.72 Å². The number of sulfonamides is 1. The molecule has 1 fully saturated rings. The highest BCUT2D eigenvalue weighted by Gasteiger charge is 2.37. The van der Waals surface area contributed by atoms with Crippen molar-refractivity contribution in [3.05, 3.63) is 14.7 Å². The molecule has 0 saturated heterocycles.